The molecule has 7 heteroatoms. The molecule has 0 saturated carbocycles. The Labute approximate surface area is 133 Å². The smallest absolute Gasteiger partial charge is 0.328 e. The maximum Gasteiger partial charge on any atom is 0.328 e. The van der Waals surface area contributed by atoms with Crippen LogP contribution in [0.2, 0.25) is 0 Å². The van der Waals surface area contributed by atoms with E-state index < -0.39 is 18.1 Å². The molecule has 1 aromatic carbocycles. The number of ether oxygens (including phenoxy) is 1. The molecule has 1 saturated heterocycles. The van der Waals surface area contributed by atoms with Crippen molar-refractivity contribution in [1.29, 1.82) is 0 Å². The Kier molecular flexibility index (Phi) is 4.29. The highest BCUT2D eigenvalue weighted by atomic mass is 16.5. The van der Waals surface area contributed by atoms with Crippen molar-refractivity contribution in [3.63, 3.8) is 0 Å². The standard InChI is InChI=1S/C16H19N3O4/c1-23-16(22)13-8-10(20)6-7-19(13)15(21)9-14-17-11-4-2-3-5-12(11)18-14/h2-5,10,13,20H,6-9H2,1H3,(H,17,18)/t10-,13+/m1/s1. The van der Waals surface area contributed by atoms with Crippen molar-refractivity contribution in [2.24, 2.45) is 0 Å². The normalized spacial score (nSPS) is 21.4. The first-order valence-corrected chi connectivity index (χ1v) is 7.57. The molecule has 1 aliphatic heterocycles. The van der Waals surface area contributed by atoms with Gasteiger partial charge in [0.25, 0.3) is 0 Å². The second-order valence-electron chi connectivity index (χ2n) is 5.68. The zero-order chi connectivity index (χ0) is 16.4. The molecule has 1 fully saturated rings. The maximum absolute atomic E-state index is 12.6. The number of aromatic amines is 1. The van der Waals surface area contributed by atoms with E-state index in [9.17, 15) is 14.7 Å². The summed E-state index contributed by atoms with van der Waals surface area (Å²) in [6.45, 7) is 0.333. The van der Waals surface area contributed by atoms with Gasteiger partial charge in [-0.25, -0.2) is 9.78 Å². The second-order valence-corrected chi connectivity index (χ2v) is 5.68. The number of para-hydroxylation sites is 2. The number of aliphatic hydroxyl groups excluding tert-OH is 1. The van der Waals surface area contributed by atoms with Gasteiger partial charge in [-0.3, -0.25) is 4.79 Å². The molecule has 2 aromatic rings. The zero-order valence-corrected chi connectivity index (χ0v) is 12.9. The molecule has 0 unspecified atom stereocenters. The average Bonchev–Trinajstić information content (AvgIpc) is 2.96. The summed E-state index contributed by atoms with van der Waals surface area (Å²) >= 11 is 0. The number of H-pyrrole nitrogens is 1. The summed E-state index contributed by atoms with van der Waals surface area (Å²) in [5, 5.41) is 9.74. The molecule has 1 aromatic heterocycles. The van der Waals surface area contributed by atoms with E-state index in [1.165, 1.54) is 12.0 Å². The molecule has 1 aliphatic rings. The fraction of sp³-hybridized carbons (Fsp3) is 0.438. The van der Waals surface area contributed by atoms with Gasteiger partial charge in [0.1, 0.15) is 11.9 Å². The number of hydrogen-bond acceptors (Lipinski definition) is 5. The molecule has 7 nitrogen and oxygen atoms in total. The van der Waals surface area contributed by atoms with Gasteiger partial charge < -0.3 is 19.7 Å². The minimum atomic E-state index is -0.736. The van der Waals surface area contributed by atoms with Crippen LogP contribution in [0.1, 0.15) is 18.7 Å². The molecule has 3 rings (SSSR count). The molecular weight excluding hydrogens is 298 g/mol. The van der Waals surface area contributed by atoms with Crippen LogP contribution >= 0.6 is 0 Å². The van der Waals surface area contributed by atoms with Crippen molar-refractivity contribution in [2.75, 3.05) is 13.7 Å². The predicted octanol–water partition coefficient (Wildman–Crippen LogP) is 0.630. The molecule has 0 aliphatic carbocycles. The van der Waals surface area contributed by atoms with Crippen LogP contribution in [0.5, 0.6) is 0 Å². The lowest BCUT2D eigenvalue weighted by atomic mass is 9.99. The Balaban J connectivity index is 1.76. The Morgan fingerprint density at radius 3 is 2.96 bits per heavy atom. The van der Waals surface area contributed by atoms with Gasteiger partial charge >= 0.3 is 5.97 Å². The number of imidazole rings is 1. The fourth-order valence-electron chi connectivity index (χ4n) is 2.94. The summed E-state index contributed by atoms with van der Waals surface area (Å²) in [7, 11) is 1.28. The third-order valence-electron chi connectivity index (χ3n) is 4.13. The van der Waals surface area contributed by atoms with Crippen LogP contribution in [0.3, 0.4) is 0 Å². The van der Waals surface area contributed by atoms with E-state index in [0.717, 1.165) is 11.0 Å². The summed E-state index contributed by atoms with van der Waals surface area (Å²) in [6, 6.07) is 6.80. The molecule has 23 heavy (non-hydrogen) atoms. The Morgan fingerprint density at radius 1 is 1.43 bits per heavy atom. The van der Waals surface area contributed by atoms with E-state index in [0.29, 0.717) is 18.8 Å². The number of piperidine rings is 1. The number of carbonyl (C=O) groups is 2. The number of hydrogen-bond donors (Lipinski definition) is 2. The van der Waals surface area contributed by atoms with Crippen molar-refractivity contribution < 1.29 is 19.4 Å². The van der Waals surface area contributed by atoms with Gasteiger partial charge in [0, 0.05) is 13.0 Å². The van der Waals surface area contributed by atoms with Crippen LogP contribution in [-0.4, -0.2) is 57.7 Å². The molecule has 2 N–H and O–H groups in total. The molecule has 0 bridgehead atoms. The lowest BCUT2D eigenvalue weighted by Crippen LogP contribution is -2.52. The van der Waals surface area contributed by atoms with E-state index in [1.54, 1.807) is 0 Å². The molecule has 1 amide bonds. The van der Waals surface area contributed by atoms with E-state index in [2.05, 4.69) is 9.97 Å². The third kappa shape index (κ3) is 3.19. The average molecular weight is 317 g/mol. The molecule has 0 radical (unpaired) electrons. The zero-order valence-electron chi connectivity index (χ0n) is 12.9. The van der Waals surface area contributed by atoms with Crippen LogP contribution in [0, 0.1) is 0 Å². The van der Waals surface area contributed by atoms with Gasteiger partial charge in [-0.2, -0.15) is 0 Å². The van der Waals surface area contributed by atoms with Gasteiger partial charge in [-0.05, 0) is 18.6 Å². The van der Waals surface area contributed by atoms with E-state index in [4.69, 9.17) is 4.74 Å². The topological polar surface area (TPSA) is 95.5 Å². The van der Waals surface area contributed by atoms with Crippen molar-refractivity contribution in [2.45, 2.75) is 31.4 Å². The van der Waals surface area contributed by atoms with Crippen LogP contribution in [0.15, 0.2) is 24.3 Å². The number of fused-ring (bicyclic) bond motifs is 1. The number of likely N-dealkylation sites (tertiary alicyclic amines) is 1. The molecule has 122 valence electrons. The number of esters is 1. The number of aromatic nitrogens is 2. The fourth-order valence-corrected chi connectivity index (χ4v) is 2.94. The number of rotatable bonds is 3. The van der Waals surface area contributed by atoms with Gasteiger partial charge in [0.2, 0.25) is 5.91 Å². The number of carbonyl (C=O) groups excluding carboxylic acids is 2. The van der Waals surface area contributed by atoms with E-state index >= 15 is 0 Å². The largest absolute Gasteiger partial charge is 0.467 e. The molecule has 0 spiro atoms. The first-order valence-electron chi connectivity index (χ1n) is 7.57. The number of nitrogens with one attached hydrogen (secondary N) is 1. The van der Waals surface area contributed by atoms with Crippen LogP contribution in [0.4, 0.5) is 0 Å². The molecule has 2 heterocycles. The lowest BCUT2D eigenvalue weighted by Gasteiger charge is -2.35. The van der Waals surface area contributed by atoms with Crippen molar-refractivity contribution in [1.82, 2.24) is 14.9 Å². The number of nitrogens with zero attached hydrogens (tertiary/aromatic N) is 2. The van der Waals surface area contributed by atoms with E-state index in [-0.39, 0.29) is 18.7 Å². The van der Waals surface area contributed by atoms with Gasteiger partial charge in [-0.1, -0.05) is 12.1 Å². The summed E-state index contributed by atoms with van der Waals surface area (Å²) in [4.78, 5) is 33.4. The summed E-state index contributed by atoms with van der Waals surface area (Å²) in [5.74, 6) is -0.140. The Morgan fingerprint density at radius 2 is 2.22 bits per heavy atom. The monoisotopic (exact) mass is 317 g/mol. The number of methoxy groups -OCH3 is 1. The first-order chi connectivity index (χ1) is 11.1. The first kappa shape index (κ1) is 15.5. The van der Waals surface area contributed by atoms with Crippen molar-refractivity contribution in [3.8, 4) is 0 Å². The SMILES string of the molecule is COC(=O)[C@@H]1C[C@H](O)CCN1C(=O)Cc1nc2ccccc2[nH]1. The van der Waals surface area contributed by atoms with Gasteiger partial charge in [0.15, 0.2) is 0 Å². The van der Waals surface area contributed by atoms with Gasteiger partial charge in [-0.15, -0.1) is 0 Å². The molecular formula is C16H19N3O4. The quantitative estimate of drug-likeness (QED) is 0.810. The lowest BCUT2D eigenvalue weighted by molar-refractivity contribution is -0.156. The minimum Gasteiger partial charge on any atom is -0.467 e. The van der Waals surface area contributed by atoms with Crippen LogP contribution in [-0.2, 0) is 20.7 Å². The highest BCUT2D eigenvalue weighted by molar-refractivity contribution is 5.86. The highest BCUT2D eigenvalue weighted by Gasteiger charge is 2.36. The second kappa shape index (κ2) is 6.37. The number of benzene rings is 1. The number of aliphatic hydroxyl groups is 1. The summed E-state index contributed by atoms with van der Waals surface area (Å²) < 4.78 is 4.75. The van der Waals surface area contributed by atoms with Gasteiger partial charge in [0.05, 0.1) is 30.7 Å². The predicted molar refractivity (Wildman–Crippen MR) is 82.6 cm³/mol. The summed E-state index contributed by atoms with van der Waals surface area (Å²) in [6.07, 6.45) is 0.158. The Bertz CT molecular complexity index is 694. The molecule has 2 atom stereocenters. The van der Waals surface area contributed by atoms with Crippen molar-refractivity contribution >= 4 is 22.9 Å². The number of amides is 1. The maximum atomic E-state index is 12.6. The van der Waals surface area contributed by atoms with Crippen LogP contribution in [0.25, 0.3) is 11.0 Å². The minimum absolute atomic E-state index is 0.0816. The summed E-state index contributed by atoms with van der Waals surface area (Å²) in [5.41, 5.74) is 1.67. The highest BCUT2D eigenvalue weighted by Crippen LogP contribution is 2.20. The third-order valence-corrected chi connectivity index (χ3v) is 4.13. The van der Waals surface area contributed by atoms with Crippen LogP contribution < -0.4 is 0 Å². The van der Waals surface area contributed by atoms with Crippen molar-refractivity contribution in [3.05, 3.63) is 30.1 Å². The Hall–Kier alpha value is -2.41. The van der Waals surface area contributed by atoms with E-state index in [1.807, 2.05) is 24.3 Å².